The van der Waals surface area contributed by atoms with Crippen molar-refractivity contribution in [3.63, 3.8) is 0 Å². The number of hydrogen-bond acceptors (Lipinski definition) is 4. The van der Waals surface area contributed by atoms with Crippen LogP contribution < -0.4 is 5.32 Å². The van der Waals surface area contributed by atoms with Gasteiger partial charge in [0.15, 0.2) is 11.6 Å². The Balaban J connectivity index is 1.51. The summed E-state index contributed by atoms with van der Waals surface area (Å²) in [6.45, 7) is 2.16. The molecule has 0 bridgehead atoms. The lowest BCUT2D eigenvalue weighted by molar-refractivity contribution is 0.0879. The summed E-state index contributed by atoms with van der Waals surface area (Å²) in [6.07, 6.45) is 3.66. The molecule has 3 aromatic rings. The Morgan fingerprint density at radius 3 is 2.83 bits per heavy atom. The number of likely N-dealkylation sites (tertiary alicyclic amines) is 1. The molecule has 0 spiro atoms. The predicted molar refractivity (Wildman–Crippen MR) is 113 cm³/mol. The second-order valence-corrected chi connectivity index (χ2v) is 8.52. The molecule has 4 nitrogen and oxygen atoms in total. The molecule has 0 radical (unpaired) electrons. The van der Waals surface area contributed by atoms with Crippen molar-refractivity contribution in [3.05, 3.63) is 87.9 Å². The van der Waals surface area contributed by atoms with Crippen LogP contribution in [-0.2, 0) is 6.54 Å². The van der Waals surface area contributed by atoms with Crippen LogP contribution in [0.25, 0.3) is 0 Å². The molecule has 30 heavy (non-hydrogen) atoms. The second-order valence-electron chi connectivity index (χ2n) is 7.57. The van der Waals surface area contributed by atoms with E-state index in [4.69, 9.17) is 0 Å². The highest BCUT2D eigenvalue weighted by Gasteiger charge is 2.31. The molecular formula is C23H23F2N3OS. The van der Waals surface area contributed by atoms with Crippen LogP contribution in [0.1, 0.15) is 39.8 Å². The number of carbonyl (C=O) groups is 1. The number of carbonyl (C=O) groups excluding carboxylic acids is 1. The Bertz CT molecular complexity index is 981. The van der Waals surface area contributed by atoms with Crippen LogP contribution in [0, 0.1) is 17.6 Å². The first-order chi connectivity index (χ1) is 14.6. The van der Waals surface area contributed by atoms with Crippen LogP contribution >= 0.6 is 11.3 Å². The van der Waals surface area contributed by atoms with E-state index in [1.807, 2.05) is 35.7 Å². The van der Waals surface area contributed by atoms with Gasteiger partial charge in [0.25, 0.3) is 5.91 Å². The van der Waals surface area contributed by atoms with Crippen molar-refractivity contribution in [1.82, 2.24) is 15.2 Å². The number of piperidine rings is 1. The van der Waals surface area contributed by atoms with Gasteiger partial charge < -0.3 is 5.32 Å². The van der Waals surface area contributed by atoms with Crippen molar-refractivity contribution in [2.24, 2.45) is 5.92 Å². The number of amides is 1. The highest BCUT2D eigenvalue weighted by Crippen LogP contribution is 2.30. The summed E-state index contributed by atoms with van der Waals surface area (Å²) < 4.78 is 26.8. The summed E-state index contributed by atoms with van der Waals surface area (Å²) in [7, 11) is 0. The molecule has 1 aliphatic heterocycles. The SMILES string of the molecule is O=C(N[C@H](c1ccccn1)[C@@H]1CCCN(Cc2ccc(F)c(F)c2)C1)c1cccs1. The third-order valence-corrected chi connectivity index (χ3v) is 6.31. The zero-order chi connectivity index (χ0) is 20.9. The maximum atomic E-state index is 13.6. The molecule has 2 aromatic heterocycles. The summed E-state index contributed by atoms with van der Waals surface area (Å²) in [5.74, 6) is -1.58. The Labute approximate surface area is 178 Å². The molecule has 4 rings (SSSR count). The summed E-state index contributed by atoms with van der Waals surface area (Å²) >= 11 is 1.41. The van der Waals surface area contributed by atoms with Crippen molar-refractivity contribution in [3.8, 4) is 0 Å². The summed E-state index contributed by atoms with van der Waals surface area (Å²) in [5.41, 5.74) is 1.58. The van der Waals surface area contributed by atoms with Crippen LogP contribution in [-0.4, -0.2) is 28.9 Å². The first-order valence-corrected chi connectivity index (χ1v) is 10.9. The third kappa shape index (κ3) is 4.91. The largest absolute Gasteiger partial charge is 0.343 e. The molecule has 0 unspecified atom stereocenters. The second kappa shape index (κ2) is 9.45. The van der Waals surface area contributed by atoms with Crippen molar-refractivity contribution in [1.29, 1.82) is 0 Å². The molecule has 1 aromatic carbocycles. The molecule has 7 heteroatoms. The van der Waals surface area contributed by atoms with E-state index in [1.54, 1.807) is 12.3 Å². The highest BCUT2D eigenvalue weighted by molar-refractivity contribution is 7.12. The van der Waals surface area contributed by atoms with Crippen LogP contribution in [0.15, 0.2) is 60.1 Å². The van der Waals surface area contributed by atoms with Crippen LogP contribution in [0.4, 0.5) is 8.78 Å². The fourth-order valence-corrected chi connectivity index (χ4v) is 4.64. The molecule has 1 saturated heterocycles. The topological polar surface area (TPSA) is 45.2 Å². The molecule has 1 N–H and O–H groups in total. The Morgan fingerprint density at radius 2 is 2.10 bits per heavy atom. The summed E-state index contributed by atoms with van der Waals surface area (Å²) in [4.78, 5) is 20.2. The molecular weight excluding hydrogens is 404 g/mol. The van der Waals surface area contributed by atoms with Gasteiger partial charge in [-0.05, 0) is 66.6 Å². The van der Waals surface area contributed by atoms with Gasteiger partial charge in [-0.15, -0.1) is 11.3 Å². The molecule has 1 fully saturated rings. The van der Waals surface area contributed by atoms with Crippen LogP contribution in [0.5, 0.6) is 0 Å². The van der Waals surface area contributed by atoms with E-state index in [-0.39, 0.29) is 17.9 Å². The lowest BCUT2D eigenvalue weighted by Gasteiger charge is -2.37. The number of rotatable bonds is 6. The monoisotopic (exact) mass is 427 g/mol. The number of aromatic nitrogens is 1. The predicted octanol–water partition coefficient (Wildman–Crippen LogP) is 4.80. The van der Waals surface area contributed by atoms with E-state index in [2.05, 4.69) is 15.2 Å². The first kappa shape index (κ1) is 20.6. The fourth-order valence-electron chi connectivity index (χ4n) is 4.02. The average Bonchev–Trinajstić information content (AvgIpc) is 3.30. The van der Waals surface area contributed by atoms with Crippen molar-refractivity contribution in [2.45, 2.75) is 25.4 Å². The van der Waals surface area contributed by atoms with Crippen molar-refractivity contribution in [2.75, 3.05) is 13.1 Å². The van der Waals surface area contributed by atoms with Crippen molar-refractivity contribution >= 4 is 17.2 Å². The molecule has 1 amide bonds. The molecule has 0 saturated carbocycles. The third-order valence-electron chi connectivity index (χ3n) is 5.44. The van der Waals surface area contributed by atoms with Gasteiger partial charge in [-0.3, -0.25) is 14.7 Å². The van der Waals surface area contributed by atoms with Gasteiger partial charge in [-0.1, -0.05) is 18.2 Å². The number of halogens is 2. The van der Waals surface area contributed by atoms with Crippen molar-refractivity contribution < 1.29 is 13.6 Å². The molecule has 2 atom stereocenters. The molecule has 3 heterocycles. The number of pyridine rings is 1. The highest BCUT2D eigenvalue weighted by atomic mass is 32.1. The number of hydrogen-bond donors (Lipinski definition) is 1. The minimum Gasteiger partial charge on any atom is -0.343 e. The molecule has 0 aliphatic carbocycles. The first-order valence-electron chi connectivity index (χ1n) is 10.0. The summed E-state index contributed by atoms with van der Waals surface area (Å²) in [5, 5.41) is 5.06. The smallest absolute Gasteiger partial charge is 0.261 e. The van der Waals surface area contributed by atoms with E-state index < -0.39 is 11.6 Å². The van der Waals surface area contributed by atoms with E-state index >= 15 is 0 Å². The molecule has 156 valence electrons. The minimum absolute atomic E-state index is 0.0987. The van der Waals surface area contributed by atoms with Crippen LogP contribution in [0.3, 0.4) is 0 Å². The molecule has 1 aliphatic rings. The number of benzene rings is 1. The fraction of sp³-hybridized carbons (Fsp3) is 0.304. The average molecular weight is 428 g/mol. The maximum absolute atomic E-state index is 13.6. The van der Waals surface area contributed by atoms with Gasteiger partial charge in [0.1, 0.15) is 0 Å². The zero-order valence-electron chi connectivity index (χ0n) is 16.4. The van der Waals surface area contributed by atoms with E-state index in [0.29, 0.717) is 11.4 Å². The maximum Gasteiger partial charge on any atom is 0.261 e. The lowest BCUT2D eigenvalue weighted by atomic mass is 9.88. The quantitative estimate of drug-likeness (QED) is 0.614. The Kier molecular flexibility index (Phi) is 6.50. The Hall–Kier alpha value is -2.64. The Morgan fingerprint density at radius 1 is 1.20 bits per heavy atom. The number of nitrogens with one attached hydrogen (secondary N) is 1. The van der Waals surface area contributed by atoms with Gasteiger partial charge in [0.2, 0.25) is 0 Å². The summed E-state index contributed by atoms with van der Waals surface area (Å²) in [6, 6.07) is 13.2. The minimum atomic E-state index is -0.832. The standard InChI is InChI=1S/C23H23F2N3OS/c24-18-9-8-16(13-19(18)25)14-28-11-3-5-17(15-28)22(20-6-1-2-10-26-20)27-23(29)21-7-4-12-30-21/h1-2,4,6-10,12-13,17,22H,3,5,11,14-15H2,(H,27,29)/t17-,22+/m1/s1. The lowest BCUT2D eigenvalue weighted by Crippen LogP contribution is -2.43. The number of thiophene rings is 1. The van der Waals surface area contributed by atoms with Gasteiger partial charge in [0.05, 0.1) is 16.6 Å². The van der Waals surface area contributed by atoms with Gasteiger partial charge in [-0.25, -0.2) is 8.78 Å². The zero-order valence-corrected chi connectivity index (χ0v) is 17.2. The number of nitrogens with zero attached hydrogens (tertiary/aromatic N) is 2. The van der Waals surface area contributed by atoms with Gasteiger partial charge >= 0.3 is 0 Å². The van der Waals surface area contributed by atoms with Crippen LogP contribution in [0.2, 0.25) is 0 Å². The normalized spacial score (nSPS) is 18.1. The van der Waals surface area contributed by atoms with E-state index in [0.717, 1.165) is 37.2 Å². The van der Waals surface area contributed by atoms with E-state index in [9.17, 15) is 13.6 Å². The van der Waals surface area contributed by atoms with Gasteiger partial charge in [0, 0.05) is 19.3 Å². The van der Waals surface area contributed by atoms with Gasteiger partial charge in [-0.2, -0.15) is 0 Å². The van der Waals surface area contributed by atoms with E-state index in [1.165, 1.54) is 23.5 Å².